The summed E-state index contributed by atoms with van der Waals surface area (Å²) < 4.78 is 28.4. The van der Waals surface area contributed by atoms with Gasteiger partial charge in [0, 0.05) is 7.11 Å². The molecule has 0 aliphatic rings. The van der Waals surface area contributed by atoms with Crippen molar-refractivity contribution in [3.63, 3.8) is 0 Å². The summed E-state index contributed by atoms with van der Waals surface area (Å²) in [5, 5.41) is 0.325. The van der Waals surface area contributed by atoms with E-state index in [0.717, 1.165) is 0 Å². The standard InChI is InChI=1S/C17H17O6P/c1-21-16(18)12-8-4-6-10-14(12)24(20,23-3)15-11-7-5-9-13(15)17(19)22-2/h4-11H,1-3H3. The molecular formula is C17H17O6P. The van der Waals surface area contributed by atoms with E-state index >= 15 is 0 Å². The lowest BCUT2D eigenvalue weighted by Gasteiger charge is -2.21. The average Bonchev–Trinajstić information content (AvgIpc) is 2.66. The van der Waals surface area contributed by atoms with Gasteiger partial charge in [-0.1, -0.05) is 24.3 Å². The van der Waals surface area contributed by atoms with Crippen molar-refractivity contribution in [1.82, 2.24) is 0 Å². The zero-order valence-corrected chi connectivity index (χ0v) is 14.4. The molecule has 0 bridgehead atoms. The minimum atomic E-state index is -3.72. The van der Waals surface area contributed by atoms with Crippen LogP contribution < -0.4 is 10.6 Å². The number of rotatable bonds is 5. The van der Waals surface area contributed by atoms with Gasteiger partial charge in [-0.2, -0.15) is 0 Å². The van der Waals surface area contributed by atoms with Crippen LogP contribution in [0.15, 0.2) is 48.5 Å². The number of hydrogen-bond acceptors (Lipinski definition) is 6. The topological polar surface area (TPSA) is 78.9 Å². The maximum absolute atomic E-state index is 13.6. The molecule has 7 heteroatoms. The Morgan fingerprint density at radius 3 is 1.46 bits per heavy atom. The quantitative estimate of drug-likeness (QED) is 0.608. The van der Waals surface area contributed by atoms with Gasteiger partial charge in [0.05, 0.1) is 36.0 Å². The van der Waals surface area contributed by atoms with E-state index < -0.39 is 19.3 Å². The molecule has 0 atom stereocenters. The van der Waals surface area contributed by atoms with Crippen LogP contribution in [-0.4, -0.2) is 33.3 Å². The summed E-state index contributed by atoms with van der Waals surface area (Å²) in [5.74, 6) is -1.28. The van der Waals surface area contributed by atoms with E-state index in [1.54, 1.807) is 24.3 Å². The van der Waals surface area contributed by atoms with Crippen LogP contribution in [0.3, 0.4) is 0 Å². The molecule has 0 aliphatic heterocycles. The van der Waals surface area contributed by atoms with Crippen molar-refractivity contribution in [3.8, 4) is 0 Å². The van der Waals surface area contributed by atoms with Crippen molar-refractivity contribution in [1.29, 1.82) is 0 Å². The molecule has 0 fully saturated rings. The summed E-state index contributed by atoms with van der Waals surface area (Å²) in [6.07, 6.45) is 0. The SMILES string of the molecule is COC(=O)c1ccccc1P(=O)(OC)c1ccccc1C(=O)OC. The predicted molar refractivity (Wildman–Crippen MR) is 89.4 cm³/mol. The minimum Gasteiger partial charge on any atom is -0.465 e. The van der Waals surface area contributed by atoms with E-state index in [-0.39, 0.29) is 21.7 Å². The van der Waals surface area contributed by atoms with Gasteiger partial charge in [-0.25, -0.2) is 9.59 Å². The Hall–Kier alpha value is -2.43. The molecule has 0 saturated carbocycles. The molecule has 126 valence electrons. The molecule has 0 aromatic heterocycles. The zero-order chi connectivity index (χ0) is 17.7. The van der Waals surface area contributed by atoms with Crippen molar-refractivity contribution in [2.24, 2.45) is 0 Å². The molecule has 2 rings (SSSR count). The molecule has 24 heavy (non-hydrogen) atoms. The lowest BCUT2D eigenvalue weighted by molar-refractivity contribution is 0.0593. The second-order valence-corrected chi connectivity index (χ2v) is 7.18. The largest absolute Gasteiger partial charge is 0.465 e. The Bertz CT molecular complexity index is 751. The van der Waals surface area contributed by atoms with Crippen molar-refractivity contribution < 1.29 is 28.2 Å². The second-order valence-electron chi connectivity index (χ2n) is 4.75. The molecule has 0 aliphatic carbocycles. The average molecular weight is 348 g/mol. The first kappa shape index (κ1) is 17.9. The molecule has 2 aromatic rings. The monoisotopic (exact) mass is 348 g/mol. The van der Waals surface area contributed by atoms with Crippen LogP contribution in [0, 0.1) is 0 Å². The number of carbonyl (C=O) groups is 2. The van der Waals surface area contributed by atoms with Gasteiger partial charge in [-0.15, -0.1) is 0 Å². The first-order valence-corrected chi connectivity index (χ1v) is 8.63. The molecule has 0 amide bonds. The number of methoxy groups -OCH3 is 2. The Kier molecular flexibility index (Phi) is 5.54. The predicted octanol–water partition coefficient (Wildman–Crippen LogP) is 2.14. The Morgan fingerprint density at radius 2 is 1.12 bits per heavy atom. The zero-order valence-electron chi connectivity index (χ0n) is 13.5. The van der Waals surface area contributed by atoms with Gasteiger partial charge in [0.2, 0.25) is 0 Å². The first-order valence-electron chi connectivity index (χ1n) is 7.01. The van der Waals surface area contributed by atoms with Crippen LogP contribution in [-0.2, 0) is 18.6 Å². The van der Waals surface area contributed by atoms with E-state index in [0.29, 0.717) is 0 Å². The van der Waals surface area contributed by atoms with Crippen LogP contribution in [0.5, 0.6) is 0 Å². The van der Waals surface area contributed by atoms with Crippen molar-refractivity contribution in [3.05, 3.63) is 59.7 Å². The van der Waals surface area contributed by atoms with E-state index in [9.17, 15) is 14.2 Å². The molecule has 0 unspecified atom stereocenters. The lowest BCUT2D eigenvalue weighted by Crippen LogP contribution is -2.27. The van der Waals surface area contributed by atoms with Crippen molar-refractivity contribution in [2.75, 3.05) is 21.3 Å². The van der Waals surface area contributed by atoms with Crippen LogP contribution in [0.25, 0.3) is 0 Å². The highest BCUT2D eigenvalue weighted by molar-refractivity contribution is 7.74. The summed E-state index contributed by atoms with van der Waals surface area (Å²) >= 11 is 0. The van der Waals surface area contributed by atoms with Gasteiger partial charge in [-0.3, -0.25) is 4.57 Å². The molecule has 0 spiro atoms. The summed E-state index contributed by atoms with van der Waals surface area (Å²) in [6.45, 7) is 0. The molecule has 0 heterocycles. The van der Waals surface area contributed by atoms with Crippen LogP contribution >= 0.6 is 7.37 Å². The van der Waals surface area contributed by atoms with Crippen LogP contribution in [0.4, 0.5) is 0 Å². The molecule has 2 aromatic carbocycles. The Morgan fingerprint density at radius 1 is 0.750 bits per heavy atom. The third-order valence-electron chi connectivity index (χ3n) is 3.51. The third kappa shape index (κ3) is 3.11. The van der Waals surface area contributed by atoms with Gasteiger partial charge in [0.15, 0.2) is 0 Å². The van der Waals surface area contributed by atoms with Gasteiger partial charge < -0.3 is 14.0 Å². The highest BCUT2D eigenvalue weighted by Crippen LogP contribution is 2.45. The fraction of sp³-hybridized carbons (Fsp3) is 0.176. The first-order chi connectivity index (χ1) is 11.5. The number of benzene rings is 2. The maximum atomic E-state index is 13.6. The number of esters is 2. The van der Waals surface area contributed by atoms with E-state index in [1.165, 1.54) is 45.6 Å². The van der Waals surface area contributed by atoms with E-state index in [2.05, 4.69) is 0 Å². The van der Waals surface area contributed by atoms with E-state index in [4.69, 9.17) is 14.0 Å². The summed E-state index contributed by atoms with van der Waals surface area (Å²) in [6, 6.07) is 12.5. The minimum absolute atomic E-state index is 0.116. The van der Waals surface area contributed by atoms with Gasteiger partial charge in [0.1, 0.15) is 0 Å². The summed E-state index contributed by atoms with van der Waals surface area (Å²) in [4.78, 5) is 24.0. The third-order valence-corrected chi connectivity index (χ3v) is 6.07. The van der Waals surface area contributed by atoms with E-state index in [1.807, 2.05) is 0 Å². The second kappa shape index (κ2) is 7.43. The fourth-order valence-corrected chi connectivity index (χ4v) is 4.54. The summed E-state index contributed by atoms with van der Waals surface area (Å²) in [5.41, 5.74) is 0.231. The van der Waals surface area contributed by atoms with Crippen molar-refractivity contribution >= 4 is 29.9 Å². The molecule has 0 radical (unpaired) electrons. The summed E-state index contributed by atoms with van der Waals surface area (Å²) in [7, 11) is 0.0215. The normalized spacial score (nSPS) is 11.0. The Labute approximate surface area is 139 Å². The van der Waals surface area contributed by atoms with Crippen molar-refractivity contribution in [2.45, 2.75) is 0 Å². The van der Waals surface area contributed by atoms with Crippen LogP contribution in [0.2, 0.25) is 0 Å². The number of hydrogen-bond donors (Lipinski definition) is 0. The van der Waals surface area contributed by atoms with Gasteiger partial charge in [-0.05, 0) is 24.3 Å². The molecular weight excluding hydrogens is 331 g/mol. The maximum Gasteiger partial charge on any atom is 0.338 e. The smallest absolute Gasteiger partial charge is 0.338 e. The molecule has 0 N–H and O–H groups in total. The number of ether oxygens (including phenoxy) is 2. The number of carbonyl (C=O) groups excluding carboxylic acids is 2. The van der Waals surface area contributed by atoms with Gasteiger partial charge in [0.25, 0.3) is 7.37 Å². The van der Waals surface area contributed by atoms with Crippen LogP contribution in [0.1, 0.15) is 20.7 Å². The molecule has 6 nitrogen and oxygen atoms in total. The fourth-order valence-electron chi connectivity index (χ4n) is 2.35. The molecule has 0 saturated heterocycles. The highest BCUT2D eigenvalue weighted by Gasteiger charge is 2.35. The highest BCUT2D eigenvalue weighted by atomic mass is 31.2. The van der Waals surface area contributed by atoms with Gasteiger partial charge >= 0.3 is 11.9 Å². The Balaban J connectivity index is 2.75. The lowest BCUT2D eigenvalue weighted by atomic mass is 10.2.